The number of rotatable bonds is 5. The van der Waals surface area contributed by atoms with Crippen molar-refractivity contribution in [3.8, 4) is 0 Å². The summed E-state index contributed by atoms with van der Waals surface area (Å²) in [5.74, 6) is -2.75. The van der Waals surface area contributed by atoms with E-state index in [4.69, 9.17) is 4.74 Å². The van der Waals surface area contributed by atoms with Crippen LogP contribution in [0.25, 0.3) is 0 Å². The molecule has 0 bridgehead atoms. The Morgan fingerprint density at radius 2 is 1.61 bits per heavy atom. The van der Waals surface area contributed by atoms with Crippen molar-refractivity contribution in [2.45, 2.75) is 39.7 Å². The number of aryl methyl sites for hydroxylation is 2. The summed E-state index contributed by atoms with van der Waals surface area (Å²) in [6.45, 7) is 4.80. The molecule has 0 unspecified atom stereocenters. The molecular weight excluding hydrogens is 360 g/mol. The summed E-state index contributed by atoms with van der Waals surface area (Å²) in [7, 11) is 0. The van der Waals surface area contributed by atoms with Gasteiger partial charge in [-0.2, -0.15) is 0 Å². The van der Waals surface area contributed by atoms with E-state index in [1.165, 1.54) is 6.92 Å². The number of carbonyl (C=O) groups is 4. The van der Waals surface area contributed by atoms with Crippen molar-refractivity contribution in [1.82, 2.24) is 4.90 Å². The van der Waals surface area contributed by atoms with E-state index in [-0.39, 0.29) is 11.8 Å². The lowest BCUT2D eigenvalue weighted by molar-refractivity contribution is -0.159. The van der Waals surface area contributed by atoms with Crippen LogP contribution in [0.15, 0.2) is 30.4 Å². The Morgan fingerprint density at radius 3 is 2.14 bits per heavy atom. The molecule has 1 aromatic carbocycles. The summed E-state index contributed by atoms with van der Waals surface area (Å²) in [4.78, 5) is 50.4. The predicted octanol–water partition coefficient (Wildman–Crippen LogP) is 2.12. The predicted molar refractivity (Wildman–Crippen MR) is 102 cm³/mol. The zero-order valence-electron chi connectivity index (χ0n) is 16.2. The van der Waals surface area contributed by atoms with Crippen molar-refractivity contribution in [1.29, 1.82) is 0 Å². The first kappa shape index (κ1) is 19.8. The molecule has 7 heteroatoms. The highest BCUT2D eigenvalue weighted by Gasteiger charge is 2.50. The molecule has 148 valence electrons. The monoisotopic (exact) mass is 384 g/mol. The van der Waals surface area contributed by atoms with Crippen LogP contribution in [-0.4, -0.2) is 41.2 Å². The van der Waals surface area contributed by atoms with Crippen molar-refractivity contribution >= 4 is 29.4 Å². The maximum Gasteiger partial charge on any atom is 0.329 e. The third kappa shape index (κ3) is 3.98. The lowest BCUT2D eigenvalue weighted by Gasteiger charge is -2.21. The average molecular weight is 384 g/mol. The molecule has 2 aliphatic rings. The number of hydrogen-bond donors (Lipinski definition) is 1. The van der Waals surface area contributed by atoms with Crippen molar-refractivity contribution < 1.29 is 23.9 Å². The summed E-state index contributed by atoms with van der Waals surface area (Å²) in [5, 5.41) is 2.67. The van der Waals surface area contributed by atoms with E-state index < -0.39 is 36.4 Å². The molecule has 3 atom stereocenters. The molecule has 0 aromatic heterocycles. The summed E-state index contributed by atoms with van der Waals surface area (Å²) in [6, 6.07) is 4.55. The Kier molecular flexibility index (Phi) is 5.63. The summed E-state index contributed by atoms with van der Waals surface area (Å²) in [5.41, 5.74) is 2.62. The zero-order valence-corrected chi connectivity index (χ0v) is 16.2. The van der Waals surface area contributed by atoms with Gasteiger partial charge in [0.15, 0.2) is 6.61 Å². The van der Waals surface area contributed by atoms with E-state index in [0.717, 1.165) is 16.0 Å². The number of esters is 1. The van der Waals surface area contributed by atoms with Gasteiger partial charge in [0.1, 0.15) is 6.04 Å². The number of likely N-dealkylation sites (tertiary alicyclic amines) is 1. The third-order valence-corrected chi connectivity index (χ3v) is 5.12. The van der Waals surface area contributed by atoms with Crippen LogP contribution in [0, 0.1) is 25.7 Å². The molecule has 1 saturated heterocycles. The standard InChI is InChI=1S/C21H24N2O5/c1-12-8-13(2)10-15(9-12)22-18(24)11-28-21(27)14(3)23-19(25)16-6-4-5-7-17(16)20(23)26/h4-5,8-10,14,16-17H,6-7,11H2,1-3H3,(H,22,24)/t14-,16+,17+/m0/s1. The number of imide groups is 1. The van der Waals surface area contributed by atoms with Gasteiger partial charge in [-0.3, -0.25) is 19.3 Å². The smallest absolute Gasteiger partial charge is 0.329 e. The van der Waals surface area contributed by atoms with Gasteiger partial charge in [-0.05, 0) is 56.9 Å². The van der Waals surface area contributed by atoms with Gasteiger partial charge in [-0.15, -0.1) is 0 Å². The van der Waals surface area contributed by atoms with Gasteiger partial charge in [0.2, 0.25) is 11.8 Å². The van der Waals surface area contributed by atoms with Crippen molar-refractivity contribution in [2.24, 2.45) is 11.8 Å². The molecule has 1 aliphatic carbocycles. The van der Waals surface area contributed by atoms with E-state index in [1.54, 1.807) is 0 Å². The Bertz CT molecular complexity index is 814. The minimum Gasteiger partial charge on any atom is -0.454 e. The lowest BCUT2D eigenvalue weighted by atomic mass is 9.85. The van der Waals surface area contributed by atoms with E-state index >= 15 is 0 Å². The maximum absolute atomic E-state index is 12.5. The second kappa shape index (κ2) is 7.96. The zero-order chi connectivity index (χ0) is 20.4. The number of nitrogens with one attached hydrogen (secondary N) is 1. The number of carbonyl (C=O) groups excluding carboxylic acids is 4. The van der Waals surface area contributed by atoms with Gasteiger partial charge >= 0.3 is 5.97 Å². The topological polar surface area (TPSA) is 92.8 Å². The van der Waals surface area contributed by atoms with Gasteiger partial charge in [-0.1, -0.05) is 18.2 Å². The number of hydrogen-bond acceptors (Lipinski definition) is 5. The molecule has 3 rings (SSSR count). The highest BCUT2D eigenvalue weighted by molar-refractivity contribution is 6.08. The number of nitrogens with zero attached hydrogens (tertiary/aromatic N) is 1. The van der Waals surface area contributed by atoms with Crippen LogP contribution in [0.3, 0.4) is 0 Å². The fraction of sp³-hybridized carbons (Fsp3) is 0.429. The molecule has 0 radical (unpaired) electrons. The van der Waals surface area contributed by atoms with Gasteiger partial charge in [-0.25, -0.2) is 4.79 Å². The summed E-state index contributed by atoms with van der Waals surface area (Å²) >= 11 is 0. The van der Waals surface area contributed by atoms with Crippen molar-refractivity contribution in [2.75, 3.05) is 11.9 Å². The van der Waals surface area contributed by atoms with Gasteiger partial charge < -0.3 is 10.1 Å². The fourth-order valence-electron chi connectivity index (χ4n) is 3.81. The molecule has 3 amide bonds. The lowest BCUT2D eigenvalue weighted by Crippen LogP contribution is -2.45. The van der Waals surface area contributed by atoms with Crippen LogP contribution < -0.4 is 5.32 Å². The highest BCUT2D eigenvalue weighted by Crippen LogP contribution is 2.36. The number of fused-ring (bicyclic) bond motifs is 1. The van der Waals surface area contributed by atoms with Crippen LogP contribution in [0.5, 0.6) is 0 Å². The normalized spacial score (nSPS) is 22.0. The second-order valence-electron chi connectivity index (χ2n) is 7.41. The van der Waals surface area contributed by atoms with E-state index in [1.807, 2.05) is 44.2 Å². The van der Waals surface area contributed by atoms with Crippen LogP contribution >= 0.6 is 0 Å². The Hall–Kier alpha value is -2.96. The van der Waals surface area contributed by atoms with Gasteiger partial charge in [0.05, 0.1) is 11.8 Å². The third-order valence-electron chi connectivity index (χ3n) is 5.12. The first-order chi connectivity index (χ1) is 13.3. The quantitative estimate of drug-likeness (QED) is 0.477. The largest absolute Gasteiger partial charge is 0.454 e. The number of ether oxygens (including phenoxy) is 1. The Balaban J connectivity index is 1.56. The van der Waals surface area contributed by atoms with Crippen molar-refractivity contribution in [3.05, 3.63) is 41.5 Å². The molecular formula is C21H24N2O5. The van der Waals surface area contributed by atoms with E-state index in [2.05, 4.69) is 5.32 Å². The minimum atomic E-state index is -1.06. The van der Waals surface area contributed by atoms with E-state index in [0.29, 0.717) is 18.5 Å². The molecule has 1 aromatic rings. The number of amides is 3. The maximum atomic E-state index is 12.5. The van der Waals surface area contributed by atoms with Gasteiger partial charge in [0, 0.05) is 5.69 Å². The molecule has 0 saturated carbocycles. The SMILES string of the molecule is Cc1cc(C)cc(NC(=O)COC(=O)[C@H](C)N2C(=O)[C@@H]3CC=CC[C@H]3C2=O)c1. The van der Waals surface area contributed by atoms with Crippen LogP contribution in [0.2, 0.25) is 0 Å². The first-order valence-corrected chi connectivity index (χ1v) is 9.34. The number of anilines is 1. The molecule has 1 N–H and O–H groups in total. The molecule has 0 spiro atoms. The van der Waals surface area contributed by atoms with Crippen LogP contribution in [0.1, 0.15) is 30.9 Å². The van der Waals surface area contributed by atoms with Gasteiger partial charge in [0.25, 0.3) is 5.91 Å². The number of allylic oxidation sites excluding steroid dienone is 2. The van der Waals surface area contributed by atoms with Crippen molar-refractivity contribution in [3.63, 3.8) is 0 Å². The average Bonchev–Trinajstić information content (AvgIpc) is 2.89. The molecule has 1 fully saturated rings. The molecule has 7 nitrogen and oxygen atoms in total. The second-order valence-corrected chi connectivity index (χ2v) is 7.41. The molecule has 1 heterocycles. The van der Waals surface area contributed by atoms with E-state index in [9.17, 15) is 19.2 Å². The summed E-state index contributed by atoms with van der Waals surface area (Å²) in [6.07, 6.45) is 4.78. The van der Waals surface area contributed by atoms with Crippen LogP contribution in [0.4, 0.5) is 5.69 Å². The Morgan fingerprint density at radius 1 is 1.07 bits per heavy atom. The first-order valence-electron chi connectivity index (χ1n) is 9.34. The molecule has 1 aliphatic heterocycles. The highest BCUT2D eigenvalue weighted by atomic mass is 16.5. The number of benzene rings is 1. The summed E-state index contributed by atoms with van der Waals surface area (Å²) < 4.78 is 5.05. The molecule has 28 heavy (non-hydrogen) atoms. The van der Waals surface area contributed by atoms with Crippen LogP contribution in [-0.2, 0) is 23.9 Å². The fourth-order valence-corrected chi connectivity index (χ4v) is 3.81. The Labute approximate surface area is 163 Å². The minimum absolute atomic E-state index is 0.344.